The van der Waals surface area contributed by atoms with Crippen molar-refractivity contribution >= 4 is 29.2 Å². The quantitative estimate of drug-likeness (QED) is 0.385. The first kappa shape index (κ1) is 27.8. The van der Waals surface area contributed by atoms with Gasteiger partial charge >= 0.3 is 0 Å². The zero-order valence-electron chi connectivity index (χ0n) is 22.6. The summed E-state index contributed by atoms with van der Waals surface area (Å²) in [5.41, 5.74) is 4.85. The van der Waals surface area contributed by atoms with Crippen molar-refractivity contribution in [2.45, 2.75) is 66.0 Å². The van der Waals surface area contributed by atoms with Crippen LogP contribution in [0, 0.1) is 20.8 Å². The van der Waals surface area contributed by atoms with E-state index >= 15 is 0 Å². The summed E-state index contributed by atoms with van der Waals surface area (Å²) in [5, 5.41) is 7.68. The molecule has 2 aromatic heterocycles. The first-order valence-electron chi connectivity index (χ1n) is 13.2. The molecule has 8 nitrogen and oxygen atoms in total. The molecule has 0 unspecified atom stereocenters. The van der Waals surface area contributed by atoms with Gasteiger partial charge < -0.3 is 14.7 Å². The third kappa shape index (κ3) is 6.79. The summed E-state index contributed by atoms with van der Waals surface area (Å²) < 4.78 is 5.28. The van der Waals surface area contributed by atoms with Crippen molar-refractivity contribution in [2.75, 3.05) is 25.0 Å². The number of amides is 2. The van der Waals surface area contributed by atoms with E-state index in [1.165, 1.54) is 5.56 Å². The van der Waals surface area contributed by atoms with E-state index in [0.29, 0.717) is 18.0 Å². The van der Waals surface area contributed by atoms with Gasteiger partial charge in [0.1, 0.15) is 18.1 Å². The Labute approximate surface area is 229 Å². The van der Waals surface area contributed by atoms with Crippen molar-refractivity contribution < 1.29 is 14.1 Å². The first-order chi connectivity index (χ1) is 18.2. The SMILES string of the molecule is CCCC(=O)N(CC(=O)Nc1cc(-c2c(C)noc2C)ccn1)C1CCN(Cc2ccc(Cl)c(C)c2)CC1. The summed E-state index contributed by atoms with van der Waals surface area (Å²) in [6.45, 7) is 10.3. The number of nitrogens with zero attached hydrogens (tertiary/aromatic N) is 4. The van der Waals surface area contributed by atoms with Crippen LogP contribution in [0.1, 0.15) is 55.2 Å². The largest absolute Gasteiger partial charge is 0.361 e. The number of aryl methyl sites for hydroxylation is 3. The van der Waals surface area contributed by atoms with Gasteiger partial charge in [-0.1, -0.05) is 35.8 Å². The maximum absolute atomic E-state index is 13.1. The fourth-order valence-electron chi connectivity index (χ4n) is 5.12. The monoisotopic (exact) mass is 537 g/mol. The van der Waals surface area contributed by atoms with Crippen LogP contribution in [0.25, 0.3) is 11.1 Å². The molecule has 1 aromatic carbocycles. The molecule has 1 aliphatic heterocycles. The smallest absolute Gasteiger partial charge is 0.245 e. The summed E-state index contributed by atoms with van der Waals surface area (Å²) >= 11 is 6.17. The number of anilines is 1. The average Bonchev–Trinajstić information content (AvgIpc) is 3.23. The molecule has 0 atom stereocenters. The molecule has 4 rings (SSSR count). The zero-order valence-corrected chi connectivity index (χ0v) is 23.3. The van der Waals surface area contributed by atoms with E-state index in [1.807, 2.05) is 39.8 Å². The maximum Gasteiger partial charge on any atom is 0.245 e. The lowest BCUT2D eigenvalue weighted by Gasteiger charge is -2.38. The molecule has 202 valence electrons. The van der Waals surface area contributed by atoms with Crippen molar-refractivity contribution in [3.05, 3.63) is 64.1 Å². The van der Waals surface area contributed by atoms with Gasteiger partial charge in [-0.2, -0.15) is 0 Å². The van der Waals surface area contributed by atoms with Crippen LogP contribution < -0.4 is 5.32 Å². The molecule has 1 aliphatic rings. The second-order valence-electron chi connectivity index (χ2n) is 10.0. The minimum absolute atomic E-state index is 0.0110. The van der Waals surface area contributed by atoms with Crippen LogP contribution in [0.15, 0.2) is 41.1 Å². The topological polar surface area (TPSA) is 91.6 Å². The summed E-state index contributed by atoms with van der Waals surface area (Å²) in [6.07, 6.45) is 4.48. The molecule has 0 bridgehead atoms. The third-order valence-corrected chi connectivity index (χ3v) is 7.50. The standard InChI is InChI=1S/C29H36ClN5O3/c1-5-6-28(37)35(24-10-13-34(14-11-24)17-22-7-8-25(30)19(2)15-22)18-27(36)32-26-16-23(9-12-31-26)29-20(3)33-38-21(29)4/h7-9,12,15-16,24H,5-6,10-11,13-14,17-18H2,1-4H3,(H,31,32,36). The van der Waals surface area contributed by atoms with Crippen molar-refractivity contribution in [3.8, 4) is 11.1 Å². The number of benzene rings is 1. The van der Waals surface area contributed by atoms with Crippen molar-refractivity contribution in [1.82, 2.24) is 19.9 Å². The highest BCUT2D eigenvalue weighted by Crippen LogP contribution is 2.28. The van der Waals surface area contributed by atoms with Gasteiger partial charge in [-0.15, -0.1) is 0 Å². The molecule has 1 N–H and O–H groups in total. The normalized spacial score (nSPS) is 14.4. The number of hydrogen-bond acceptors (Lipinski definition) is 6. The van der Waals surface area contributed by atoms with Crippen molar-refractivity contribution in [3.63, 3.8) is 0 Å². The number of carbonyl (C=O) groups is 2. The highest BCUT2D eigenvalue weighted by atomic mass is 35.5. The Hall–Kier alpha value is -3.23. The molecule has 0 spiro atoms. The van der Waals surface area contributed by atoms with E-state index in [9.17, 15) is 9.59 Å². The van der Waals surface area contributed by atoms with Crippen molar-refractivity contribution in [1.29, 1.82) is 0 Å². The number of carbonyl (C=O) groups excluding carboxylic acids is 2. The Morgan fingerprint density at radius 3 is 2.58 bits per heavy atom. The molecule has 1 fully saturated rings. The van der Waals surface area contributed by atoms with Crippen LogP contribution >= 0.6 is 11.6 Å². The summed E-state index contributed by atoms with van der Waals surface area (Å²) in [6, 6.07) is 9.84. The Balaban J connectivity index is 1.39. The number of piperidine rings is 1. The molecular weight excluding hydrogens is 502 g/mol. The van der Waals surface area contributed by atoms with E-state index in [-0.39, 0.29) is 24.4 Å². The van der Waals surface area contributed by atoms with Crippen LogP contribution in [-0.4, -0.2) is 57.4 Å². The molecule has 2 amide bonds. The molecule has 3 aromatic rings. The van der Waals surface area contributed by atoms with Gasteiger partial charge in [0, 0.05) is 48.9 Å². The van der Waals surface area contributed by atoms with Gasteiger partial charge in [-0.05, 0) is 74.9 Å². The van der Waals surface area contributed by atoms with Crippen LogP contribution in [0.4, 0.5) is 5.82 Å². The summed E-state index contributed by atoms with van der Waals surface area (Å²) in [4.78, 5) is 34.6. The third-order valence-electron chi connectivity index (χ3n) is 7.07. The number of rotatable bonds is 9. The van der Waals surface area contributed by atoms with Crippen LogP contribution in [0.2, 0.25) is 5.02 Å². The second kappa shape index (κ2) is 12.5. The van der Waals surface area contributed by atoms with Gasteiger partial charge in [0.15, 0.2) is 0 Å². The van der Waals surface area contributed by atoms with E-state index in [2.05, 4.69) is 32.5 Å². The lowest BCUT2D eigenvalue weighted by molar-refractivity contribution is -0.138. The van der Waals surface area contributed by atoms with Crippen LogP contribution in [-0.2, 0) is 16.1 Å². The summed E-state index contributed by atoms with van der Waals surface area (Å²) in [7, 11) is 0. The van der Waals surface area contributed by atoms with Gasteiger partial charge in [0.25, 0.3) is 0 Å². The molecule has 1 saturated heterocycles. The number of aromatic nitrogens is 2. The number of hydrogen-bond donors (Lipinski definition) is 1. The molecule has 0 radical (unpaired) electrons. The molecule has 0 saturated carbocycles. The van der Waals surface area contributed by atoms with Gasteiger partial charge in [0.2, 0.25) is 11.8 Å². The predicted molar refractivity (Wildman–Crippen MR) is 149 cm³/mol. The summed E-state index contributed by atoms with van der Waals surface area (Å²) in [5.74, 6) is 0.909. The Kier molecular flexibility index (Phi) is 9.17. The average molecular weight is 538 g/mol. The lowest BCUT2D eigenvalue weighted by atomic mass is 10.0. The number of pyridine rings is 1. The Morgan fingerprint density at radius 2 is 1.92 bits per heavy atom. The molecule has 38 heavy (non-hydrogen) atoms. The second-order valence-corrected chi connectivity index (χ2v) is 10.4. The van der Waals surface area contributed by atoms with Crippen molar-refractivity contribution in [2.24, 2.45) is 0 Å². The van der Waals surface area contributed by atoms with Gasteiger partial charge in [-0.25, -0.2) is 4.98 Å². The van der Waals surface area contributed by atoms with Gasteiger partial charge in [0.05, 0.1) is 5.69 Å². The molecule has 0 aliphatic carbocycles. The van der Waals surface area contributed by atoms with E-state index < -0.39 is 0 Å². The van der Waals surface area contributed by atoms with Crippen LogP contribution in [0.3, 0.4) is 0 Å². The molecular formula is C29H36ClN5O3. The Morgan fingerprint density at radius 1 is 1.16 bits per heavy atom. The van der Waals surface area contributed by atoms with Gasteiger partial charge in [-0.3, -0.25) is 14.5 Å². The fourth-order valence-corrected chi connectivity index (χ4v) is 5.24. The molecule has 9 heteroatoms. The van der Waals surface area contributed by atoms with Crippen LogP contribution in [0.5, 0.6) is 0 Å². The van der Waals surface area contributed by atoms with E-state index in [0.717, 1.165) is 66.3 Å². The number of likely N-dealkylation sites (tertiary alicyclic amines) is 1. The lowest BCUT2D eigenvalue weighted by Crippen LogP contribution is -2.49. The molecule has 3 heterocycles. The highest BCUT2D eigenvalue weighted by molar-refractivity contribution is 6.31. The maximum atomic E-state index is 13.1. The van der Waals surface area contributed by atoms with E-state index in [1.54, 1.807) is 17.2 Å². The van der Waals surface area contributed by atoms with E-state index in [4.69, 9.17) is 16.1 Å². The first-order valence-corrected chi connectivity index (χ1v) is 13.6. The highest BCUT2D eigenvalue weighted by Gasteiger charge is 2.29. The Bertz CT molecular complexity index is 1260. The fraction of sp³-hybridized carbons (Fsp3) is 0.448. The predicted octanol–water partition coefficient (Wildman–Crippen LogP) is 5.55. The minimum atomic E-state index is -0.253. The minimum Gasteiger partial charge on any atom is -0.361 e. The number of nitrogens with one attached hydrogen (secondary N) is 1. The number of halogens is 1. The zero-order chi connectivity index (χ0) is 27.2.